The minimum Gasteiger partial charge on any atom is -0.507 e. The van der Waals surface area contributed by atoms with Crippen LogP contribution >= 0.6 is 11.6 Å². The van der Waals surface area contributed by atoms with Gasteiger partial charge in [-0.25, -0.2) is 4.79 Å². The van der Waals surface area contributed by atoms with Crippen molar-refractivity contribution < 1.29 is 33.7 Å². The second-order valence-electron chi connectivity index (χ2n) is 8.29. The molecule has 1 aliphatic heterocycles. The van der Waals surface area contributed by atoms with Gasteiger partial charge in [-0.2, -0.15) is 0 Å². The predicted octanol–water partition coefficient (Wildman–Crippen LogP) is 5.55. The van der Waals surface area contributed by atoms with Gasteiger partial charge >= 0.3 is 5.97 Å². The maximum absolute atomic E-state index is 13.5. The molecule has 0 saturated carbocycles. The summed E-state index contributed by atoms with van der Waals surface area (Å²) in [5.41, 5.74) is 0.967. The average Bonchev–Trinajstić information content (AvgIpc) is 3.20. The van der Waals surface area contributed by atoms with E-state index in [0.29, 0.717) is 23.7 Å². The molecule has 1 saturated heterocycles. The molecule has 0 spiro atoms. The zero-order chi connectivity index (χ0) is 27.4. The first-order valence-electron chi connectivity index (χ1n) is 12.0. The molecule has 1 N–H and O–H groups in total. The topological polar surface area (TPSA) is 102 Å². The number of methoxy groups -OCH3 is 1. The minimum absolute atomic E-state index is 0.142. The Morgan fingerprint density at radius 3 is 2.45 bits per heavy atom. The second-order valence-corrected chi connectivity index (χ2v) is 8.70. The number of benzene rings is 3. The van der Waals surface area contributed by atoms with Crippen molar-refractivity contribution in [2.75, 3.05) is 25.2 Å². The summed E-state index contributed by atoms with van der Waals surface area (Å²) >= 11 is 6.40. The molecule has 1 aliphatic rings. The first kappa shape index (κ1) is 26.8. The van der Waals surface area contributed by atoms with Gasteiger partial charge in [0.15, 0.2) is 0 Å². The molecule has 3 aromatic carbocycles. The number of hydrogen-bond donors (Lipinski definition) is 1. The lowest BCUT2D eigenvalue weighted by atomic mass is 9.94. The summed E-state index contributed by atoms with van der Waals surface area (Å²) < 4.78 is 16.0. The van der Waals surface area contributed by atoms with Crippen molar-refractivity contribution in [2.45, 2.75) is 19.9 Å². The van der Waals surface area contributed by atoms with Crippen LogP contribution in [0.3, 0.4) is 0 Å². The molecule has 1 atom stereocenters. The number of rotatable bonds is 8. The van der Waals surface area contributed by atoms with E-state index in [1.807, 2.05) is 6.92 Å². The van der Waals surface area contributed by atoms with Crippen LogP contribution < -0.4 is 14.4 Å². The number of esters is 1. The molecule has 1 fully saturated rings. The number of Topliss-reactive ketones (excluding diaryl/α,β-unsaturated/α-hetero) is 1. The van der Waals surface area contributed by atoms with Crippen LogP contribution in [0.15, 0.2) is 72.3 Å². The van der Waals surface area contributed by atoms with Crippen molar-refractivity contribution in [3.05, 3.63) is 94.0 Å². The molecule has 0 aliphatic carbocycles. The molecule has 9 heteroatoms. The zero-order valence-corrected chi connectivity index (χ0v) is 21.8. The van der Waals surface area contributed by atoms with E-state index in [9.17, 15) is 19.5 Å². The Kier molecular flexibility index (Phi) is 8.02. The van der Waals surface area contributed by atoms with Gasteiger partial charge in [0.1, 0.15) is 17.3 Å². The van der Waals surface area contributed by atoms with E-state index in [4.69, 9.17) is 25.8 Å². The number of anilines is 1. The first-order valence-corrected chi connectivity index (χ1v) is 12.3. The fourth-order valence-corrected chi connectivity index (χ4v) is 4.52. The van der Waals surface area contributed by atoms with Crippen LogP contribution in [0, 0.1) is 0 Å². The van der Waals surface area contributed by atoms with Gasteiger partial charge < -0.3 is 19.3 Å². The molecule has 0 bridgehead atoms. The van der Waals surface area contributed by atoms with Gasteiger partial charge in [0.25, 0.3) is 11.7 Å². The number of aliphatic hydroxyl groups excluding tert-OH is 1. The molecule has 1 unspecified atom stereocenters. The number of carbonyl (C=O) groups excluding carboxylic acids is 3. The molecule has 0 radical (unpaired) electrons. The highest BCUT2D eigenvalue weighted by molar-refractivity contribution is 6.52. The standard InChI is InChI=1S/C29H26ClNO7/c1-4-37-21-12-13-23(30)22(16-21)26(32)24-25(17-8-7-11-20(15-17)36-3)31(28(34)27(24)33)19-10-6-9-18(14-19)29(35)38-5-2/h6-16,25,32H,4-5H2,1-3H3/b26-24+. The van der Waals surface area contributed by atoms with Crippen LogP contribution in [0.5, 0.6) is 11.5 Å². The fraction of sp³-hybridized carbons (Fsp3) is 0.207. The maximum atomic E-state index is 13.5. The largest absolute Gasteiger partial charge is 0.507 e. The minimum atomic E-state index is -1.05. The molecule has 1 amide bonds. The van der Waals surface area contributed by atoms with E-state index in [1.165, 1.54) is 24.1 Å². The van der Waals surface area contributed by atoms with Crippen LogP contribution in [0.4, 0.5) is 5.69 Å². The van der Waals surface area contributed by atoms with Crippen LogP contribution in [0.2, 0.25) is 5.02 Å². The van der Waals surface area contributed by atoms with Crippen molar-refractivity contribution in [1.29, 1.82) is 0 Å². The summed E-state index contributed by atoms with van der Waals surface area (Å²) in [6.45, 7) is 4.06. The molecular formula is C29H26ClNO7. The number of amides is 1. The lowest BCUT2D eigenvalue weighted by Crippen LogP contribution is -2.29. The third-order valence-electron chi connectivity index (χ3n) is 5.99. The highest BCUT2D eigenvalue weighted by Gasteiger charge is 2.47. The van der Waals surface area contributed by atoms with Crippen LogP contribution in [-0.4, -0.2) is 43.1 Å². The Morgan fingerprint density at radius 2 is 1.74 bits per heavy atom. The highest BCUT2D eigenvalue weighted by Crippen LogP contribution is 2.44. The predicted molar refractivity (Wildman–Crippen MR) is 143 cm³/mol. The highest BCUT2D eigenvalue weighted by atomic mass is 35.5. The average molecular weight is 536 g/mol. The van der Waals surface area contributed by atoms with Crippen molar-refractivity contribution in [3.63, 3.8) is 0 Å². The number of nitrogens with zero attached hydrogens (tertiary/aromatic N) is 1. The van der Waals surface area contributed by atoms with Crippen molar-refractivity contribution in [2.24, 2.45) is 0 Å². The van der Waals surface area contributed by atoms with E-state index >= 15 is 0 Å². The molecule has 1 heterocycles. The Hall–Kier alpha value is -4.30. The van der Waals surface area contributed by atoms with Gasteiger partial charge in [-0.05, 0) is 67.9 Å². The number of ether oxygens (including phenoxy) is 3. The van der Waals surface area contributed by atoms with Gasteiger partial charge in [0.2, 0.25) is 0 Å². The Bertz CT molecular complexity index is 1430. The summed E-state index contributed by atoms with van der Waals surface area (Å²) in [4.78, 5) is 40.6. The quantitative estimate of drug-likeness (QED) is 0.174. The van der Waals surface area contributed by atoms with E-state index in [0.717, 1.165) is 0 Å². The lowest BCUT2D eigenvalue weighted by Gasteiger charge is -2.26. The Balaban J connectivity index is 1.95. The molecule has 8 nitrogen and oxygen atoms in total. The summed E-state index contributed by atoms with van der Waals surface area (Å²) in [6, 6.07) is 16.7. The molecule has 196 valence electrons. The van der Waals surface area contributed by atoms with Crippen molar-refractivity contribution >= 4 is 40.7 Å². The Labute approximate surface area is 225 Å². The summed E-state index contributed by atoms with van der Waals surface area (Å²) in [6.07, 6.45) is 0. The van der Waals surface area contributed by atoms with Gasteiger partial charge in [0, 0.05) is 11.3 Å². The molecule has 4 rings (SSSR count). The van der Waals surface area contributed by atoms with E-state index in [-0.39, 0.29) is 34.0 Å². The van der Waals surface area contributed by atoms with Crippen LogP contribution in [0.1, 0.15) is 41.4 Å². The molecule has 3 aromatic rings. The molecular weight excluding hydrogens is 510 g/mol. The summed E-state index contributed by atoms with van der Waals surface area (Å²) in [7, 11) is 1.50. The van der Waals surface area contributed by atoms with E-state index in [1.54, 1.807) is 61.5 Å². The van der Waals surface area contributed by atoms with Crippen molar-refractivity contribution in [1.82, 2.24) is 0 Å². The Morgan fingerprint density at radius 1 is 0.974 bits per heavy atom. The molecule has 0 aromatic heterocycles. The van der Waals surface area contributed by atoms with Gasteiger partial charge in [-0.3, -0.25) is 14.5 Å². The van der Waals surface area contributed by atoms with Gasteiger partial charge in [0.05, 0.1) is 42.5 Å². The van der Waals surface area contributed by atoms with Crippen LogP contribution in [-0.2, 0) is 14.3 Å². The van der Waals surface area contributed by atoms with E-state index in [2.05, 4.69) is 0 Å². The normalized spacial score (nSPS) is 16.4. The van der Waals surface area contributed by atoms with Gasteiger partial charge in [-0.15, -0.1) is 0 Å². The summed E-state index contributed by atoms with van der Waals surface area (Å²) in [5, 5.41) is 11.6. The third kappa shape index (κ3) is 5.08. The van der Waals surface area contributed by atoms with Crippen molar-refractivity contribution in [3.8, 4) is 11.5 Å². The smallest absolute Gasteiger partial charge is 0.338 e. The maximum Gasteiger partial charge on any atom is 0.338 e. The second kappa shape index (κ2) is 11.4. The molecule has 38 heavy (non-hydrogen) atoms. The lowest BCUT2D eigenvalue weighted by molar-refractivity contribution is -0.132. The van der Waals surface area contributed by atoms with Crippen LogP contribution in [0.25, 0.3) is 5.76 Å². The first-order chi connectivity index (χ1) is 18.3. The third-order valence-corrected chi connectivity index (χ3v) is 6.32. The number of aliphatic hydroxyl groups is 1. The monoisotopic (exact) mass is 535 g/mol. The SMILES string of the molecule is CCOC(=O)c1cccc(N2C(=O)C(=O)/C(=C(/O)c3cc(OCC)ccc3Cl)C2c2cccc(OC)c2)c1. The number of halogens is 1. The number of ketones is 1. The summed E-state index contributed by atoms with van der Waals surface area (Å²) in [5.74, 6) is -1.88. The van der Waals surface area contributed by atoms with Gasteiger partial charge in [-0.1, -0.05) is 29.8 Å². The number of carbonyl (C=O) groups is 3. The zero-order valence-electron chi connectivity index (χ0n) is 21.1. The van der Waals surface area contributed by atoms with E-state index < -0.39 is 29.5 Å². The fourth-order valence-electron chi connectivity index (χ4n) is 4.31. The number of hydrogen-bond acceptors (Lipinski definition) is 7.